The van der Waals surface area contributed by atoms with Crippen LogP contribution >= 0.6 is 24.0 Å². The number of hydrogen-bond donors (Lipinski definition) is 3. The van der Waals surface area contributed by atoms with Crippen LogP contribution in [0.5, 0.6) is 5.75 Å². The van der Waals surface area contributed by atoms with Crippen LogP contribution in [0.1, 0.15) is 51.7 Å². The molecule has 1 aromatic carbocycles. The van der Waals surface area contributed by atoms with Crippen molar-refractivity contribution in [1.29, 1.82) is 0 Å². The number of rotatable bonds is 5. The third-order valence-corrected chi connectivity index (χ3v) is 4.17. The predicted octanol–water partition coefficient (Wildman–Crippen LogP) is 3.83. The number of halogens is 4. The third kappa shape index (κ3) is 8.57. The number of nitrogens with one attached hydrogen (secondary N) is 3. The van der Waals surface area contributed by atoms with Crippen molar-refractivity contribution in [2.24, 2.45) is 4.99 Å². The lowest BCUT2D eigenvalue weighted by atomic mass is 10.1. The van der Waals surface area contributed by atoms with Crippen molar-refractivity contribution in [2.75, 3.05) is 13.1 Å². The van der Waals surface area contributed by atoms with Crippen LogP contribution in [0.25, 0.3) is 0 Å². The second-order valence-corrected chi connectivity index (χ2v) is 7.91. The maximum atomic E-state index is 13.6. The van der Waals surface area contributed by atoms with Crippen molar-refractivity contribution in [3.05, 3.63) is 29.3 Å². The minimum Gasteiger partial charge on any atom is -0.488 e. The summed E-state index contributed by atoms with van der Waals surface area (Å²) in [4.78, 5) is 15.6. The molecule has 0 bridgehead atoms. The molecule has 1 aliphatic rings. The highest BCUT2D eigenvalue weighted by Gasteiger charge is 2.34. The monoisotopic (exact) mass is 542 g/mol. The van der Waals surface area contributed by atoms with Gasteiger partial charge in [-0.3, -0.25) is 4.79 Å². The number of amides is 1. The topological polar surface area (TPSA) is 74.8 Å². The van der Waals surface area contributed by atoms with Crippen molar-refractivity contribution in [1.82, 2.24) is 16.0 Å². The first kappa shape index (κ1) is 26.3. The minimum absolute atomic E-state index is 0. The maximum absolute atomic E-state index is 13.6. The maximum Gasteiger partial charge on any atom is 0.416 e. The van der Waals surface area contributed by atoms with E-state index in [4.69, 9.17) is 4.74 Å². The lowest BCUT2D eigenvalue weighted by Crippen LogP contribution is -2.51. The Balaban J connectivity index is 0.00000450. The molecule has 0 aromatic heterocycles. The molecule has 0 saturated carbocycles. The molecular weight excluding hydrogens is 512 g/mol. The van der Waals surface area contributed by atoms with E-state index in [9.17, 15) is 18.0 Å². The Morgan fingerprint density at radius 2 is 2.00 bits per heavy atom. The largest absolute Gasteiger partial charge is 0.488 e. The number of piperidine rings is 1. The SMILES string of the molecule is CCNC(=NCc1ccc(OC(C)(C)C)cc1C(F)(F)F)NC1CCC(=O)NC1.I. The first-order chi connectivity index (χ1) is 13.5. The molecule has 2 rings (SSSR count). The van der Waals surface area contributed by atoms with Gasteiger partial charge in [0.2, 0.25) is 5.91 Å². The molecule has 1 unspecified atom stereocenters. The Morgan fingerprint density at radius 3 is 2.53 bits per heavy atom. The molecule has 1 atom stereocenters. The molecule has 0 radical (unpaired) electrons. The molecule has 1 aromatic rings. The molecule has 0 aliphatic carbocycles. The molecule has 1 saturated heterocycles. The number of carbonyl (C=O) groups is 1. The van der Waals surface area contributed by atoms with E-state index in [2.05, 4.69) is 20.9 Å². The summed E-state index contributed by atoms with van der Waals surface area (Å²) in [5.41, 5.74) is -1.29. The minimum atomic E-state index is -4.51. The molecule has 3 N–H and O–H groups in total. The fraction of sp³-hybridized carbons (Fsp3) is 0.600. The highest BCUT2D eigenvalue weighted by molar-refractivity contribution is 14.0. The highest BCUT2D eigenvalue weighted by atomic mass is 127. The van der Waals surface area contributed by atoms with Crippen LogP contribution in [-0.2, 0) is 17.5 Å². The normalized spacial score (nSPS) is 17.6. The van der Waals surface area contributed by atoms with E-state index in [1.165, 1.54) is 12.1 Å². The van der Waals surface area contributed by atoms with Crippen molar-refractivity contribution >= 4 is 35.8 Å². The van der Waals surface area contributed by atoms with Crippen LogP contribution in [0.15, 0.2) is 23.2 Å². The Kier molecular flexibility index (Phi) is 9.70. The van der Waals surface area contributed by atoms with E-state index in [1.54, 1.807) is 20.8 Å². The molecule has 1 amide bonds. The molecule has 0 spiro atoms. The van der Waals surface area contributed by atoms with Gasteiger partial charge in [0.25, 0.3) is 0 Å². The number of ether oxygens (including phenoxy) is 1. The smallest absolute Gasteiger partial charge is 0.416 e. The van der Waals surface area contributed by atoms with Crippen molar-refractivity contribution in [2.45, 2.75) is 64.9 Å². The Morgan fingerprint density at radius 1 is 1.30 bits per heavy atom. The van der Waals surface area contributed by atoms with E-state index >= 15 is 0 Å². The molecule has 6 nitrogen and oxygen atoms in total. The molecule has 30 heavy (non-hydrogen) atoms. The van der Waals surface area contributed by atoms with Gasteiger partial charge < -0.3 is 20.7 Å². The van der Waals surface area contributed by atoms with Gasteiger partial charge in [-0.15, -0.1) is 24.0 Å². The zero-order chi connectivity index (χ0) is 21.7. The predicted molar refractivity (Wildman–Crippen MR) is 121 cm³/mol. The lowest BCUT2D eigenvalue weighted by Gasteiger charge is -2.25. The van der Waals surface area contributed by atoms with E-state index in [1.807, 2.05) is 6.92 Å². The molecule has 170 valence electrons. The number of nitrogens with zero attached hydrogens (tertiary/aromatic N) is 1. The fourth-order valence-electron chi connectivity index (χ4n) is 2.91. The second kappa shape index (κ2) is 11.1. The summed E-state index contributed by atoms with van der Waals surface area (Å²) in [6, 6.07) is 3.93. The van der Waals surface area contributed by atoms with Gasteiger partial charge in [0.05, 0.1) is 12.1 Å². The van der Waals surface area contributed by atoms with Gasteiger partial charge in [-0.1, -0.05) is 6.07 Å². The number of guanidine groups is 1. The van der Waals surface area contributed by atoms with E-state index < -0.39 is 17.3 Å². The molecular formula is C20H30F3IN4O2. The lowest BCUT2D eigenvalue weighted by molar-refractivity contribution is -0.138. The van der Waals surface area contributed by atoms with Crippen molar-refractivity contribution in [3.63, 3.8) is 0 Å². The average molecular weight is 542 g/mol. The average Bonchev–Trinajstić information content (AvgIpc) is 2.60. The first-order valence-electron chi connectivity index (χ1n) is 9.68. The van der Waals surface area contributed by atoms with Gasteiger partial charge in [-0.2, -0.15) is 13.2 Å². The highest BCUT2D eigenvalue weighted by Crippen LogP contribution is 2.35. The Bertz CT molecular complexity index is 739. The summed E-state index contributed by atoms with van der Waals surface area (Å²) in [6.45, 7) is 8.09. The van der Waals surface area contributed by atoms with Crippen LogP contribution in [0.3, 0.4) is 0 Å². The van der Waals surface area contributed by atoms with Gasteiger partial charge in [0, 0.05) is 25.6 Å². The van der Waals surface area contributed by atoms with Crippen LogP contribution in [0.4, 0.5) is 13.2 Å². The Hall–Kier alpha value is -1.72. The Labute approximate surface area is 192 Å². The van der Waals surface area contributed by atoms with Crippen LogP contribution in [0.2, 0.25) is 0 Å². The van der Waals surface area contributed by atoms with Gasteiger partial charge in [0.15, 0.2) is 5.96 Å². The fourth-order valence-corrected chi connectivity index (χ4v) is 2.91. The molecule has 1 aliphatic heterocycles. The van der Waals surface area contributed by atoms with E-state index in [0.29, 0.717) is 31.9 Å². The van der Waals surface area contributed by atoms with Crippen LogP contribution in [0, 0.1) is 0 Å². The molecule has 10 heteroatoms. The molecule has 1 fully saturated rings. The number of hydrogen-bond acceptors (Lipinski definition) is 3. The number of aliphatic imine (C=N–C) groups is 1. The van der Waals surface area contributed by atoms with Crippen molar-refractivity contribution < 1.29 is 22.7 Å². The van der Waals surface area contributed by atoms with Crippen molar-refractivity contribution in [3.8, 4) is 5.75 Å². The van der Waals surface area contributed by atoms with Gasteiger partial charge in [-0.25, -0.2) is 4.99 Å². The molecule has 1 heterocycles. The number of benzene rings is 1. The van der Waals surface area contributed by atoms with E-state index in [-0.39, 0.29) is 53.8 Å². The summed E-state index contributed by atoms with van der Waals surface area (Å²) in [6.07, 6.45) is -3.46. The van der Waals surface area contributed by atoms with Crippen LogP contribution in [-0.4, -0.2) is 36.6 Å². The third-order valence-electron chi connectivity index (χ3n) is 4.17. The van der Waals surface area contributed by atoms with Gasteiger partial charge >= 0.3 is 6.18 Å². The summed E-state index contributed by atoms with van der Waals surface area (Å²) < 4.78 is 46.3. The van der Waals surface area contributed by atoms with E-state index in [0.717, 1.165) is 6.07 Å². The standard InChI is InChI=1S/C20H29F3N4O2.HI/c1-5-24-18(27-14-7-9-17(28)25-12-14)26-11-13-6-8-15(29-19(2,3)4)10-16(13)20(21,22)23;/h6,8,10,14H,5,7,9,11-12H2,1-4H3,(H,25,28)(H2,24,26,27);1H. The summed E-state index contributed by atoms with van der Waals surface area (Å²) >= 11 is 0. The second-order valence-electron chi connectivity index (χ2n) is 7.91. The quantitative estimate of drug-likeness (QED) is 0.301. The summed E-state index contributed by atoms with van der Waals surface area (Å²) in [5.74, 6) is 0.578. The zero-order valence-electron chi connectivity index (χ0n) is 17.7. The van der Waals surface area contributed by atoms with Crippen LogP contribution < -0.4 is 20.7 Å². The summed E-state index contributed by atoms with van der Waals surface area (Å²) in [5, 5.41) is 8.96. The number of alkyl halides is 3. The van der Waals surface area contributed by atoms with Gasteiger partial charge in [0.1, 0.15) is 11.4 Å². The first-order valence-corrected chi connectivity index (χ1v) is 9.68. The van der Waals surface area contributed by atoms with Gasteiger partial charge in [-0.05, 0) is 51.8 Å². The zero-order valence-corrected chi connectivity index (χ0v) is 20.0. The summed E-state index contributed by atoms with van der Waals surface area (Å²) in [7, 11) is 0. The number of carbonyl (C=O) groups excluding carboxylic acids is 1.